The van der Waals surface area contributed by atoms with Gasteiger partial charge in [0.2, 0.25) is 0 Å². The molecule has 1 fully saturated rings. The third kappa shape index (κ3) is 0.448. The van der Waals surface area contributed by atoms with Gasteiger partial charge in [0.25, 0.3) is 0 Å². The maximum atomic E-state index is 2.48. The van der Waals surface area contributed by atoms with Crippen LogP contribution in [-0.4, -0.2) is 0 Å². The van der Waals surface area contributed by atoms with Gasteiger partial charge in [-0.3, -0.25) is 0 Å². The van der Waals surface area contributed by atoms with Gasteiger partial charge in [0.05, 0.1) is 0 Å². The summed E-state index contributed by atoms with van der Waals surface area (Å²) in [4.78, 5) is 0. The van der Waals surface area contributed by atoms with Crippen LogP contribution in [0.2, 0.25) is 0 Å². The molecule has 52 valence electrons. The highest BCUT2D eigenvalue weighted by atomic mass is 14.5. The zero-order valence-electron chi connectivity index (χ0n) is 6.09. The first-order valence-electron chi connectivity index (χ1n) is 4.31. The minimum Gasteiger partial charge on any atom is -0.0876 e. The highest BCUT2D eigenvalue weighted by Gasteiger charge is 2.42. The van der Waals surface area contributed by atoms with Crippen LogP contribution in [0.25, 0.3) is 0 Å². The van der Waals surface area contributed by atoms with Crippen molar-refractivity contribution >= 4 is 0 Å². The average molecular weight is 132 g/mol. The summed E-state index contributed by atoms with van der Waals surface area (Å²) < 4.78 is 0. The molecule has 0 N–H and O–H groups in total. The topological polar surface area (TPSA) is 0 Å². The number of hydrogen-bond acceptors (Lipinski definition) is 0. The van der Waals surface area contributed by atoms with E-state index in [0.717, 1.165) is 17.8 Å². The smallest absolute Gasteiger partial charge is 0.0103 e. The Morgan fingerprint density at radius 2 is 2.30 bits per heavy atom. The Kier molecular flexibility index (Phi) is 0.803. The second-order valence-corrected chi connectivity index (χ2v) is 3.83. The molecule has 3 aliphatic carbocycles. The fraction of sp³-hybridized carbons (Fsp3) is 0.600. The molecule has 0 saturated heterocycles. The highest BCUT2D eigenvalue weighted by molar-refractivity contribution is 5.29. The minimum absolute atomic E-state index is 0.957. The first-order chi connectivity index (χ1) is 4.95. The van der Waals surface area contributed by atoms with Crippen molar-refractivity contribution < 1.29 is 0 Å². The van der Waals surface area contributed by atoms with Crippen LogP contribution in [0.5, 0.6) is 0 Å². The van der Waals surface area contributed by atoms with Gasteiger partial charge >= 0.3 is 0 Å². The zero-order valence-corrected chi connectivity index (χ0v) is 6.09. The van der Waals surface area contributed by atoms with Crippen molar-refractivity contribution in [2.75, 3.05) is 0 Å². The second-order valence-electron chi connectivity index (χ2n) is 3.83. The van der Waals surface area contributed by atoms with Gasteiger partial charge in [0.15, 0.2) is 0 Å². The average Bonchev–Trinajstić information content (AvgIpc) is 2.60. The summed E-state index contributed by atoms with van der Waals surface area (Å²) in [5.41, 5.74) is 1.78. The Hall–Kier alpha value is -0.520. The van der Waals surface area contributed by atoms with E-state index in [2.05, 4.69) is 18.2 Å². The summed E-state index contributed by atoms with van der Waals surface area (Å²) in [5.74, 6) is 2.93. The van der Waals surface area contributed by atoms with Gasteiger partial charge in [-0.25, -0.2) is 0 Å². The molecular formula is C10H12. The number of hydrogen-bond donors (Lipinski definition) is 0. The van der Waals surface area contributed by atoms with Crippen LogP contribution in [0, 0.1) is 17.8 Å². The van der Waals surface area contributed by atoms with Gasteiger partial charge in [-0.1, -0.05) is 23.8 Å². The molecule has 1 saturated carbocycles. The van der Waals surface area contributed by atoms with E-state index in [1.165, 1.54) is 19.3 Å². The van der Waals surface area contributed by atoms with E-state index in [0.29, 0.717) is 0 Å². The van der Waals surface area contributed by atoms with Crippen LogP contribution in [-0.2, 0) is 0 Å². The number of fused-ring (bicyclic) bond motifs is 5. The molecule has 3 atom stereocenters. The fourth-order valence-corrected chi connectivity index (χ4v) is 2.93. The largest absolute Gasteiger partial charge is 0.0876 e. The van der Waals surface area contributed by atoms with Crippen molar-refractivity contribution in [3.63, 3.8) is 0 Å². The molecule has 10 heavy (non-hydrogen) atoms. The quantitative estimate of drug-likeness (QED) is 0.444. The van der Waals surface area contributed by atoms with Crippen LogP contribution >= 0.6 is 0 Å². The Balaban J connectivity index is 2.07. The molecule has 0 aromatic rings. The molecule has 3 unspecified atom stereocenters. The van der Waals surface area contributed by atoms with E-state index in [-0.39, 0.29) is 0 Å². The Bertz CT molecular complexity index is 222. The highest BCUT2D eigenvalue weighted by Crippen LogP contribution is 2.52. The van der Waals surface area contributed by atoms with E-state index in [9.17, 15) is 0 Å². The molecule has 0 aromatic heterocycles. The maximum absolute atomic E-state index is 2.48. The molecule has 3 rings (SSSR count). The van der Waals surface area contributed by atoms with E-state index < -0.39 is 0 Å². The Morgan fingerprint density at radius 1 is 1.30 bits per heavy atom. The lowest BCUT2D eigenvalue weighted by Crippen LogP contribution is -2.10. The SMILES string of the molecule is C1=CC2C3CC=C(C3)C2C1. The summed E-state index contributed by atoms with van der Waals surface area (Å²) in [6, 6.07) is 0. The predicted molar refractivity (Wildman–Crippen MR) is 41.5 cm³/mol. The molecule has 0 nitrogen and oxygen atoms in total. The number of rotatable bonds is 0. The molecular weight excluding hydrogens is 120 g/mol. The summed E-state index contributed by atoms with van der Waals surface area (Å²) in [7, 11) is 0. The normalized spacial score (nSPS) is 48.0. The van der Waals surface area contributed by atoms with Crippen LogP contribution in [0.3, 0.4) is 0 Å². The molecule has 0 heterocycles. The summed E-state index contributed by atoms with van der Waals surface area (Å²) >= 11 is 0. The van der Waals surface area contributed by atoms with E-state index in [4.69, 9.17) is 0 Å². The first kappa shape index (κ1) is 5.17. The van der Waals surface area contributed by atoms with E-state index in [1.807, 2.05) is 0 Å². The maximum Gasteiger partial charge on any atom is -0.0103 e. The lowest BCUT2D eigenvalue weighted by atomic mass is 9.86. The van der Waals surface area contributed by atoms with Crippen molar-refractivity contribution in [3.8, 4) is 0 Å². The molecule has 0 aliphatic heterocycles. The van der Waals surface area contributed by atoms with Crippen molar-refractivity contribution in [3.05, 3.63) is 23.8 Å². The van der Waals surface area contributed by atoms with Crippen LogP contribution in [0.4, 0.5) is 0 Å². The third-order valence-electron chi connectivity index (χ3n) is 3.41. The summed E-state index contributed by atoms with van der Waals surface area (Å²) in [6.07, 6.45) is 11.5. The standard InChI is InChI=1S/C10H12/c1-2-9-7-4-5-8(6-7)10(9)3-1/h1-2,5,7,9-10H,3-4,6H2. The van der Waals surface area contributed by atoms with Gasteiger partial charge in [-0.05, 0) is 37.0 Å². The number of allylic oxidation sites excluding steroid dienone is 4. The monoisotopic (exact) mass is 132 g/mol. The van der Waals surface area contributed by atoms with Crippen LogP contribution in [0.15, 0.2) is 23.8 Å². The van der Waals surface area contributed by atoms with E-state index in [1.54, 1.807) is 5.57 Å². The van der Waals surface area contributed by atoms with Gasteiger partial charge in [-0.2, -0.15) is 0 Å². The second kappa shape index (κ2) is 1.55. The Labute approximate surface area is 61.6 Å². The molecule has 3 aliphatic rings. The van der Waals surface area contributed by atoms with Gasteiger partial charge in [0.1, 0.15) is 0 Å². The Morgan fingerprint density at radius 3 is 3.20 bits per heavy atom. The van der Waals surface area contributed by atoms with Gasteiger partial charge in [0, 0.05) is 0 Å². The predicted octanol–water partition coefficient (Wildman–Crippen LogP) is 2.53. The summed E-state index contributed by atoms with van der Waals surface area (Å²) in [6.45, 7) is 0. The summed E-state index contributed by atoms with van der Waals surface area (Å²) in [5, 5.41) is 0. The molecule has 0 spiro atoms. The molecule has 2 bridgehead atoms. The third-order valence-corrected chi connectivity index (χ3v) is 3.41. The van der Waals surface area contributed by atoms with Crippen molar-refractivity contribution in [2.24, 2.45) is 17.8 Å². The molecule has 0 heteroatoms. The van der Waals surface area contributed by atoms with Crippen molar-refractivity contribution in [1.82, 2.24) is 0 Å². The van der Waals surface area contributed by atoms with Crippen LogP contribution in [0.1, 0.15) is 19.3 Å². The molecule has 0 amide bonds. The molecule has 0 aromatic carbocycles. The van der Waals surface area contributed by atoms with Gasteiger partial charge in [-0.15, -0.1) is 0 Å². The zero-order chi connectivity index (χ0) is 6.55. The first-order valence-corrected chi connectivity index (χ1v) is 4.31. The molecule has 0 radical (unpaired) electrons. The van der Waals surface area contributed by atoms with Crippen molar-refractivity contribution in [1.29, 1.82) is 0 Å². The van der Waals surface area contributed by atoms with Gasteiger partial charge < -0.3 is 0 Å². The van der Waals surface area contributed by atoms with E-state index >= 15 is 0 Å². The van der Waals surface area contributed by atoms with Crippen molar-refractivity contribution in [2.45, 2.75) is 19.3 Å². The minimum atomic E-state index is 0.957. The van der Waals surface area contributed by atoms with Crippen LogP contribution < -0.4 is 0 Å². The fourth-order valence-electron chi connectivity index (χ4n) is 2.93. The lowest BCUT2D eigenvalue weighted by Gasteiger charge is -2.18. The lowest BCUT2D eigenvalue weighted by molar-refractivity contribution is 0.403.